The second kappa shape index (κ2) is 8.30. The molecule has 1 amide bonds. The summed E-state index contributed by atoms with van der Waals surface area (Å²) in [5.41, 5.74) is 1.70. The molecule has 2 N–H and O–H groups in total. The van der Waals surface area contributed by atoms with E-state index < -0.39 is 21.7 Å². The molecule has 6 nitrogen and oxygen atoms in total. The molecule has 3 rings (SSSR count). The molecular weight excluding hydrogens is 413 g/mol. The Hall–Kier alpha value is -2.78. The quantitative estimate of drug-likeness (QED) is 0.586. The molecule has 1 heterocycles. The molecule has 0 unspecified atom stereocenters. The largest absolute Gasteiger partial charge is 0.298 e. The van der Waals surface area contributed by atoms with Crippen LogP contribution >= 0.6 is 11.3 Å². The van der Waals surface area contributed by atoms with Gasteiger partial charge in [0.15, 0.2) is 5.13 Å². The molecular formula is C20H20FN3O3S2. The van der Waals surface area contributed by atoms with Gasteiger partial charge in [0.2, 0.25) is 0 Å². The van der Waals surface area contributed by atoms with Crippen LogP contribution in [0.25, 0.3) is 0 Å². The summed E-state index contributed by atoms with van der Waals surface area (Å²) in [6.07, 6.45) is 0. The first kappa shape index (κ1) is 20.9. The number of aromatic nitrogens is 1. The topological polar surface area (TPSA) is 88.2 Å². The Kier molecular flexibility index (Phi) is 5.99. The van der Waals surface area contributed by atoms with Crippen LogP contribution in [0.3, 0.4) is 0 Å². The molecule has 2 aromatic carbocycles. The van der Waals surface area contributed by atoms with Crippen molar-refractivity contribution in [2.24, 2.45) is 0 Å². The van der Waals surface area contributed by atoms with Crippen molar-refractivity contribution in [2.75, 3.05) is 10.0 Å². The lowest BCUT2D eigenvalue weighted by molar-refractivity contribution is 0.102. The molecule has 0 spiro atoms. The minimum Gasteiger partial charge on any atom is -0.298 e. The van der Waals surface area contributed by atoms with Gasteiger partial charge < -0.3 is 0 Å². The summed E-state index contributed by atoms with van der Waals surface area (Å²) in [6, 6.07) is 9.73. The predicted octanol–water partition coefficient (Wildman–Crippen LogP) is 4.77. The lowest BCUT2D eigenvalue weighted by atomic mass is 10.2. The molecule has 0 fully saturated rings. The van der Waals surface area contributed by atoms with Gasteiger partial charge in [-0.05, 0) is 48.7 Å². The summed E-state index contributed by atoms with van der Waals surface area (Å²) in [5.74, 6) is -0.761. The first-order valence-corrected chi connectivity index (χ1v) is 11.2. The van der Waals surface area contributed by atoms with Crippen molar-refractivity contribution in [2.45, 2.75) is 31.6 Å². The van der Waals surface area contributed by atoms with E-state index in [4.69, 9.17) is 0 Å². The molecule has 0 saturated carbocycles. The molecule has 1 aromatic heterocycles. The number of carbonyl (C=O) groups excluding carboxylic acids is 1. The van der Waals surface area contributed by atoms with Gasteiger partial charge in [-0.25, -0.2) is 17.8 Å². The number of benzene rings is 2. The number of sulfonamides is 1. The van der Waals surface area contributed by atoms with Gasteiger partial charge >= 0.3 is 0 Å². The van der Waals surface area contributed by atoms with Gasteiger partial charge in [-0.3, -0.25) is 14.8 Å². The minimum absolute atomic E-state index is 0.195. The lowest BCUT2D eigenvalue weighted by Crippen LogP contribution is -2.15. The van der Waals surface area contributed by atoms with Crippen molar-refractivity contribution in [3.8, 4) is 0 Å². The molecule has 0 radical (unpaired) electrons. The van der Waals surface area contributed by atoms with E-state index in [1.807, 2.05) is 19.2 Å². The molecule has 29 heavy (non-hydrogen) atoms. The van der Waals surface area contributed by atoms with E-state index >= 15 is 0 Å². The number of thiazole rings is 1. The average Bonchev–Trinajstić information content (AvgIpc) is 3.12. The third-order valence-electron chi connectivity index (χ3n) is 4.16. The number of hydrogen-bond acceptors (Lipinski definition) is 5. The molecule has 0 saturated heterocycles. The summed E-state index contributed by atoms with van der Waals surface area (Å²) in [6.45, 7) is 5.57. The number of aryl methyl sites for hydroxylation is 1. The Labute approximate surface area is 172 Å². The molecule has 152 valence electrons. The molecule has 0 aliphatic carbocycles. The Morgan fingerprint density at radius 1 is 1.17 bits per heavy atom. The third-order valence-corrected chi connectivity index (χ3v) is 6.32. The predicted molar refractivity (Wildman–Crippen MR) is 113 cm³/mol. The van der Waals surface area contributed by atoms with Crippen molar-refractivity contribution in [3.05, 3.63) is 70.5 Å². The summed E-state index contributed by atoms with van der Waals surface area (Å²) >= 11 is 1.32. The van der Waals surface area contributed by atoms with E-state index in [1.54, 1.807) is 19.1 Å². The van der Waals surface area contributed by atoms with Gasteiger partial charge in [0.05, 0.1) is 10.6 Å². The van der Waals surface area contributed by atoms with Crippen LogP contribution in [0.2, 0.25) is 0 Å². The molecule has 9 heteroatoms. The van der Waals surface area contributed by atoms with Crippen molar-refractivity contribution >= 4 is 38.1 Å². The van der Waals surface area contributed by atoms with Crippen molar-refractivity contribution in [1.29, 1.82) is 0 Å². The van der Waals surface area contributed by atoms with E-state index in [1.165, 1.54) is 35.6 Å². The second-order valence-corrected chi connectivity index (χ2v) is 9.32. The van der Waals surface area contributed by atoms with E-state index in [2.05, 4.69) is 15.0 Å². The SMILES string of the molecule is Cc1ccc(S(=O)(=O)Nc2cccc(C(=O)Nc3nc(C(C)C)cs3)c2)cc1F. The van der Waals surface area contributed by atoms with Gasteiger partial charge in [-0.2, -0.15) is 0 Å². The number of nitrogens with zero attached hydrogens (tertiary/aromatic N) is 1. The monoisotopic (exact) mass is 433 g/mol. The van der Waals surface area contributed by atoms with E-state index in [9.17, 15) is 17.6 Å². The second-order valence-electron chi connectivity index (χ2n) is 6.78. The van der Waals surface area contributed by atoms with Crippen LogP contribution in [-0.4, -0.2) is 19.3 Å². The highest BCUT2D eigenvalue weighted by Crippen LogP contribution is 2.23. The molecule has 3 aromatic rings. The third kappa shape index (κ3) is 4.99. The highest BCUT2D eigenvalue weighted by molar-refractivity contribution is 7.92. The van der Waals surface area contributed by atoms with Crippen molar-refractivity contribution in [3.63, 3.8) is 0 Å². The summed E-state index contributed by atoms with van der Waals surface area (Å²) in [4.78, 5) is 16.6. The van der Waals surface area contributed by atoms with Crippen LogP contribution in [0.1, 0.15) is 41.4 Å². The maximum absolute atomic E-state index is 13.7. The maximum Gasteiger partial charge on any atom is 0.261 e. The van der Waals surface area contributed by atoms with Crippen molar-refractivity contribution < 1.29 is 17.6 Å². The Bertz CT molecular complexity index is 1160. The first-order valence-electron chi connectivity index (χ1n) is 8.81. The Morgan fingerprint density at radius 3 is 2.59 bits per heavy atom. The normalized spacial score (nSPS) is 11.5. The number of rotatable bonds is 6. The van der Waals surface area contributed by atoms with E-state index in [0.717, 1.165) is 11.8 Å². The Balaban J connectivity index is 1.77. The summed E-state index contributed by atoms with van der Waals surface area (Å²) < 4.78 is 41.1. The fourth-order valence-electron chi connectivity index (χ4n) is 2.46. The van der Waals surface area contributed by atoms with Gasteiger partial charge in [-0.1, -0.05) is 26.0 Å². The number of carbonyl (C=O) groups is 1. The number of hydrogen-bond donors (Lipinski definition) is 2. The zero-order valence-corrected chi connectivity index (χ0v) is 17.7. The van der Waals surface area contributed by atoms with Gasteiger partial charge in [-0.15, -0.1) is 11.3 Å². The fourth-order valence-corrected chi connectivity index (χ4v) is 4.38. The van der Waals surface area contributed by atoms with Crippen LogP contribution in [0.4, 0.5) is 15.2 Å². The summed E-state index contributed by atoms with van der Waals surface area (Å²) in [7, 11) is -3.99. The highest BCUT2D eigenvalue weighted by atomic mass is 32.2. The smallest absolute Gasteiger partial charge is 0.261 e. The number of anilines is 2. The zero-order chi connectivity index (χ0) is 21.2. The average molecular weight is 434 g/mol. The molecule has 0 atom stereocenters. The summed E-state index contributed by atoms with van der Waals surface area (Å²) in [5, 5.41) is 5.06. The first-order chi connectivity index (χ1) is 13.7. The Morgan fingerprint density at radius 2 is 1.93 bits per heavy atom. The standard InChI is InChI=1S/C20H20FN3O3S2/c1-12(2)18-11-28-20(22-18)23-19(25)14-5-4-6-15(9-14)24-29(26,27)16-8-7-13(3)17(21)10-16/h4-12,24H,1-3H3,(H,22,23,25). The number of halogens is 1. The molecule has 0 aliphatic heterocycles. The van der Waals surface area contributed by atoms with Crippen LogP contribution in [-0.2, 0) is 10.0 Å². The lowest BCUT2D eigenvalue weighted by Gasteiger charge is -2.10. The van der Waals surface area contributed by atoms with Crippen LogP contribution in [0.15, 0.2) is 52.7 Å². The van der Waals surface area contributed by atoms with E-state index in [-0.39, 0.29) is 22.1 Å². The highest BCUT2D eigenvalue weighted by Gasteiger charge is 2.17. The van der Waals surface area contributed by atoms with Gasteiger partial charge in [0, 0.05) is 16.6 Å². The van der Waals surface area contributed by atoms with E-state index in [0.29, 0.717) is 10.7 Å². The van der Waals surface area contributed by atoms with Crippen LogP contribution in [0.5, 0.6) is 0 Å². The van der Waals surface area contributed by atoms with Gasteiger partial charge in [0.25, 0.3) is 15.9 Å². The molecule has 0 bridgehead atoms. The fraction of sp³-hybridized carbons (Fsp3) is 0.200. The maximum atomic E-state index is 13.7. The number of nitrogens with one attached hydrogen (secondary N) is 2. The zero-order valence-electron chi connectivity index (χ0n) is 16.1. The van der Waals surface area contributed by atoms with Gasteiger partial charge in [0.1, 0.15) is 5.82 Å². The van der Waals surface area contributed by atoms with Crippen LogP contribution < -0.4 is 10.0 Å². The van der Waals surface area contributed by atoms with Crippen molar-refractivity contribution in [1.82, 2.24) is 4.98 Å². The van der Waals surface area contributed by atoms with Crippen LogP contribution in [0, 0.1) is 12.7 Å². The molecule has 0 aliphatic rings. The number of amides is 1. The minimum atomic E-state index is -3.99.